The summed E-state index contributed by atoms with van der Waals surface area (Å²) in [7, 11) is 3.40. The average Bonchev–Trinajstić information content (AvgIpc) is 2.41. The minimum Gasteiger partial charge on any atom is -0.465 e. The van der Waals surface area contributed by atoms with E-state index in [1.807, 2.05) is 19.2 Å². The van der Waals surface area contributed by atoms with Gasteiger partial charge in [0.15, 0.2) is 0 Å². The summed E-state index contributed by atoms with van der Waals surface area (Å²) < 4.78 is 4.68. The zero-order valence-electron chi connectivity index (χ0n) is 11.7. The van der Waals surface area contributed by atoms with Crippen molar-refractivity contribution in [3.63, 3.8) is 0 Å². The fourth-order valence-electron chi connectivity index (χ4n) is 2.60. The number of hydrogen-bond donors (Lipinski definition) is 2. The van der Waals surface area contributed by atoms with Crippen LogP contribution in [0.15, 0.2) is 24.3 Å². The summed E-state index contributed by atoms with van der Waals surface area (Å²) >= 11 is 0. The molecule has 1 fully saturated rings. The Morgan fingerprint density at radius 2 is 1.95 bits per heavy atom. The molecular weight excluding hydrogens is 240 g/mol. The zero-order valence-corrected chi connectivity index (χ0v) is 11.7. The molecule has 0 aliphatic heterocycles. The molecule has 0 saturated heterocycles. The first-order chi connectivity index (χ1) is 9.19. The minimum atomic E-state index is -0.294. The lowest BCUT2D eigenvalue weighted by molar-refractivity contribution is 0.0601. The molecule has 0 heterocycles. The fourth-order valence-corrected chi connectivity index (χ4v) is 2.60. The highest BCUT2D eigenvalue weighted by molar-refractivity contribution is 5.89. The standard InChI is InChI=1S/C15H22N2O2/c1-16-10-15(8-3-9-15)11-17-13-6-4-12(5-7-13)14(18)19-2/h4-7,16-17H,3,8-11H2,1-2H3. The first-order valence-corrected chi connectivity index (χ1v) is 6.76. The number of carbonyl (C=O) groups is 1. The lowest BCUT2D eigenvalue weighted by Crippen LogP contribution is -2.44. The van der Waals surface area contributed by atoms with Crippen LogP contribution in [0.3, 0.4) is 0 Å². The second-order valence-electron chi connectivity index (χ2n) is 5.31. The van der Waals surface area contributed by atoms with Crippen molar-refractivity contribution >= 4 is 11.7 Å². The van der Waals surface area contributed by atoms with Crippen LogP contribution in [-0.2, 0) is 4.74 Å². The third kappa shape index (κ3) is 3.26. The van der Waals surface area contributed by atoms with Gasteiger partial charge >= 0.3 is 5.97 Å². The third-order valence-electron chi connectivity index (χ3n) is 3.94. The normalized spacial score (nSPS) is 16.5. The van der Waals surface area contributed by atoms with Crippen LogP contribution in [0.4, 0.5) is 5.69 Å². The number of esters is 1. The van der Waals surface area contributed by atoms with Crippen molar-refractivity contribution in [1.82, 2.24) is 5.32 Å². The number of hydrogen-bond acceptors (Lipinski definition) is 4. The second kappa shape index (κ2) is 6.06. The van der Waals surface area contributed by atoms with Crippen molar-refractivity contribution in [3.8, 4) is 0 Å². The quantitative estimate of drug-likeness (QED) is 0.772. The summed E-state index contributed by atoms with van der Waals surface area (Å²) in [5.41, 5.74) is 2.03. The van der Waals surface area contributed by atoms with Gasteiger partial charge in [-0.05, 0) is 44.2 Å². The molecule has 1 aromatic rings. The summed E-state index contributed by atoms with van der Waals surface area (Å²) in [6, 6.07) is 7.44. The first kappa shape index (κ1) is 13.9. The fraction of sp³-hybridized carbons (Fsp3) is 0.533. The Labute approximate surface area is 114 Å². The van der Waals surface area contributed by atoms with Crippen LogP contribution in [0.25, 0.3) is 0 Å². The molecule has 4 heteroatoms. The highest BCUT2D eigenvalue weighted by Gasteiger charge is 2.35. The first-order valence-electron chi connectivity index (χ1n) is 6.76. The minimum absolute atomic E-state index is 0.294. The predicted octanol–water partition coefficient (Wildman–Crippen LogP) is 2.27. The molecule has 0 unspecified atom stereocenters. The number of anilines is 1. The molecule has 0 bridgehead atoms. The van der Waals surface area contributed by atoms with E-state index in [0.717, 1.165) is 18.8 Å². The topological polar surface area (TPSA) is 50.4 Å². The molecule has 4 nitrogen and oxygen atoms in total. The number of methoxy groups -OCH3 is 1. The van der Waals surface area contributed by atoms with Crippen LogP contribution in [0, 0.1) is 5.41 Å². The molecule has 2 N–H and O–H groups in total. The van der Waals surface area contributed by atoms with Crippen molar-refractivity contribution < 1.29 is 9.53 Å². The van der Waals surface area contributed by atoms with Gasteiger partial charge in [0, 0.05) is 24.2 Å². The molecule has 104 valence electrons. The lowest BCUT2D eigenvalue weighted by atomic mass is 9.68. The largest absolute Gasteiger partial charge is 0.465 e. The Morgan fingerprint density at radius 1 is 1.26 bits per heavy atom. The van der Waals surface area contributed by atoms with Crippen LogP contribution in [0.5, 0.6) is 0 Å². The summed E-state index contributed by atoms with van der Waals surface area (Å²) in [5, 5.41) is 6.74. The van der Waals surface area contributed by atoms with Gasteiger partial charge in [0.2, 0.25) is 0 Å². The van der Waals surface area contributed by atoms with Crippen molar-refractivity contribution in [3.05, 3.63) is 29.8 Å². The summed E-state index contributed by atoms with van der Waals surface area (Å²) in [5.74, 6) is -0.294. The van der Waals surface area contributed by atoms with Crippen LogP contribution in [0.2, 0.25) is 0 Å². The van der Waals surface area contributed by atoms with Crippen LogP contribution < -0.4 is 10.6 Å². The van der Waals surface area contributed by atoms with Gasteiger partial charge in [0.1, 0.15) is 0 Å². The maximum atomic E-state index is 11.3. The third-order valence-corrected chi connectivity index (χ3v) is 3.94. The maximum Gasteiger partial charge on any atom is 0.337 e. The molecule has 0 spiro atoms. The Morgan fingerprint density at radius 3 is 2.42 bits per heavy atom. The van der Waals surface area contributed by atoms with E-state index in [2.05, 4.69) is 15.4 Å². The molecule has 19 heavy (non-hydrogen) atoms. The van der Waals surface area contributed by atoms with Gasteiger partial charge in [0.25, 0.3) is 0 Å². The molecular formula is C15H22N2O2. The Bertz CT molecular complexity index is 424. The molecule has 1 aliphatic carbocycles. The monoisotopic (exact) mass is 262 g/mol. The molecule has 1 aromatic carbocycles. The number of ether oxygens (including phenoxy) is 1. The van der Waals surface area contributed by atoms with E-state index in [1.54, 1.807) is 12.1 Å². The van der Waals surface area contributed by atoms with Crippen molar-refractivity contribution in [2.75, 3.05) is 32.6 Å². The molecule has 1 aliphatic rings. The highest BCUT2D eigenvalue weighted by atomic mass is 16.5. The molecule has 0 atom stereocenters. The maximum absolute atomic E-state index is 11.3. The van der Waals surface area contributed by atoms with E-state index >= 15 is 0 Å². The van der Waals surface area contributed by atoms with Crippen LogP contribution in [0.1, 0.15) is 29.6 Å². The van der Waals surface area contributed by atoms with E-state index in [4.69, 9.17) is 0 Å². The zero-order chi connectivity index (χ0) is 13.7. The Kier molecular flexibility index (Phi) is 4.43. The van der Waals surface area contributed by atoms with Gasteiger partial charge in [-0.2, -0.15) is 0 Å². The van der Waals surface area contributed by atoms with Gasteiger partial charge in [-0.15, -0.1) is 0 Å². The van der Waals surface area contributed by atoms with Crippen molar-refractivity contribution in [1.29, 1.82) is 0 Å². The molecule has 0 radical (unpaired) electrons. The van der Waals surface area contributed by atoms with Crippen molar-refractivity contribution in [2.45, 2.75) is 19.3 Å². The van der Waals surface area contributed by atoms with Gasteiger partial charge in [0.05, 0.1) is 12.7 Å². The lowest BCUT2D eigenvalue weighted by Gasteiger charge is -2.42. The van der Waals surface area contributed by atoms with Gasteiger partial charge in [-0.25, -0.2) is 4.79 Å². The molecule has 0 amide bonds. The summed E-state index contributed by atoms with van der Waals surface area (Å²) in [6.07, 6.45) is 3.88. The predicted molar refractivity (Wildman–Crippen MR) is 76.5 cm³/mol. The number of nitrogens with one attached hydrogen (secondary N) is 2. The van der Waals surface area contributed by atoms with Crippen molar-refractivity contribution in [2.24, 2.45) is 5.41 Å². The van der Waals surface area contributed by atoms with E-state index in [-0.39, 0.29) is 5.97 Å². The van der Waals surface area contributed by atoms with Crippen LogP contribution >= 0.6 is 0 Å². The molecule has 1 saturated carbocycles. The van der Waals surface area contributed by atoms with E-state index in [0.29, 0.717) is 11.0 Å². The number of rotatable bonds is 6. The van der Waals surface area contributed by atoms with Gasteiger partial charge in [-0.3, -0.25) is 0 Å². The summed E-state index contributed by atoms with van der Waals surface area (Å²) in [6.45, 7) is 2.03. The highest BCUT2D eigenvalue weighted by Crippen LogP contribution is 2.40. The Hall–Kier alpha value is -1.55. The smallest absolute Gasteiger partial charge is 0.337 e. The van der Waals surface area contributed by atoms with E-state index in [1.165, 1.54) is 26.4 Å². The second-order valence-corrected chi connectivity index (χ2v) is 5.31. The molecule has 2 rings (SSSR count). The molecule has 0 aromatic heterocycles. The van der Waals surface area contributed by atoms with Gasteiger partial charge in [-0.1, -0.05) is 6.42 Å². The van der Waals surface area contributed by atoms with E-state index < -0.39 is 0 Å². The average molecular weight is 262 g/mol. The summed E-state index contributed by atoms with van der Waals surface area (Å²) in [4.78, 5) is 11.3. The van der Waals surface area contributed by atoms with E-state index in [9.17, 15) is 4.79 Å². The number of benzene rings is 1. The van der Waals surface area contributed by atoms with Crippen LogP contribution in [-0.4, -0.2) is 33.2 Å². The van der Waals surface area contributed by atoms with Gasteiger partial charge < -0.3 is 15.4 Å². The number of carbonyl (C=O) groups excluding carboxylic acids is 1. The SMILES string of the molecule is CNCC1(CNc2ccc(C(=O)OC)cc2)CCC1. The Balaban J connectivity index is 1.91.